The van der Waals surface area contributed by atoms with Gasteiger partial charge >= 0.3 is 0 Å². The first-order chi connectivity index (χ1) is 18.3. The van der Waals surface area contributed by atoms with E-state index in [4.69, 9.17) is 27.9 Å². The van der Waals surface area contributed by atoms with Gasteiger partial charge in [0.25, 0.3) is 0 Å². The maximum Gasteiger partial charge on any atom is 0.247 e. The molecule has 1 aliphatic carbocycles. The molecular formula is C30H43Cl2N3O3. The molecule has 1 aromatic carbocycles. The highest BCUT2D eigenvalue weighted by Gasteiger charge is 2.56. The van der Waals surface area contributed by atoms with Crippen LogP contribution in [-0.2, 0) is 20.9 Å². The summed E-state index contributed by atoms with van der Waals surface area (Å²) in [5, 5.41) is 0.727. The van der Waals surface area contributed by atoms with Crippen LogP contribution in [0.5, 0.6) is 0 Å². The Morgan fingerprint density at radius 2 is 1.63 bits per heavy atom. The lowest BCUT2D eigenvalue weighted by molar-refractivity contribution is -0.194. The van der Waals surface area contributed by atoms with E-state index in [-0.39, 0.29) is 35.8 Å². The Balaban J connectivity index is 1.44. The highest BCUT2D eigenvalue weighted by molar-refractivity contribution is 6.30. The molecule has 0 spiro atoms. The van der Waals surface area contributed by atoms with Crippen molar-refractivity contribution in [2.75, 3.05) is 26.3 Å². The molecule has 0 aromatic heterocycles. The second-order valence-electron chi connectivity index (χ2n) is 12.4. The predicted molar refractivity (Wildman–Crippen MR) is 151 cm³/mol. The Labute approximate surface area is 237 Å². The van der Waals surface area contributed by atoms with Gasteiger partial charge in [-0.05, 0) is 42.9 Å². The van der Waals surface area contributed by atoms with E-state index < -0.39 is 11.5 Å². The van der Waals surface area contributed by atoms with E-state index in [0.717, 1.165) is 31.4 Å². The number of ether oxygens (including phenoxy) is 1. The van der Waals surface area contributed by atoms with Gasteiger partial charge in [-0.2, -0.15) is 0 Å². The van der Waals surface area contributed by atoms with E-state index in [1.165, 1.54) is 38.5 Å². The molecule has 2 amide bonds. The maximum atomic E-state index is 14.5. The minimum absolute atomic E-state index is 0.00675. The van der Waals surface area contributed by atoms with Crippen LogP contribution in [-0.4, -0.2) is 76.4 Å². The van der Waals surface area contributed by atoms with Gasteiger partial charge in [0.15, 0.2) is 0 Å². The molecule has 6 nitrogen and oxygen atoms in total. The van der Waals surface area contributed by atoms with Crippen molar-refractivity contribution in [2.24, 2.45) is 11.3 Å². The molecule has 3 aliphatic heterocycles. The topological polar surface area (TPSA) is 53.1 Å². The molecular weight excluding hydrogens is 521 g/mol. The van der Waals surface area contributed by atoms with Crippen molar-refractivity contribution in [1.29, 1.82) is 0 Å². The molecule has 1 saturated carbocycles. The van der Waals surface area contributed by atoms with Crippen molar-refractivity contribution in [3.8, 4) is 0 Å². The van der Waals surface area contributed by atoms with Gasteiger partial charge in [-0.3, -0.25) is 14.5 Å². The van der Waals surface area contributed by atoms with Crippen LogP contribution in [0.3, 0.4) is 0 Å². The number of rotatable bonds is 5. The fraction of sp³-hybridized carbons (Fsp3) is 0.733. The highest BCUT2D eigenvalue weighted by Crippen LogP contribution is 2.41. The van der Waals surface area contributed by atoms with Crippen LogP contribution in [0.15, 0.2) is 24.3 Å². The molecule has 0 bridgehead atoms. The normalized spacial score (nSPS) is 31.9. The monoisotopic (exact) mass is 563 g/mol. The minimum atomic E-state index is -0.545. The summed E-state index contributed by atoms with van der Waals surface area (Å²) in [7, 11) is 0. The van der Waals surface area contributed by atoms with E-state index in [1.54, 1.807) is 4.90 Å². The highest BCUT2D eigenvalue weighted by atomic mass is 35.5. The second kappa shape index (κ2) is 12.0. The molecule has 8 heteroatoms. The van der Waals surface area contributed by atoms with Gasteiger partial charge in [-0.15, -0.1) is 11.6 Å². The van der Waals surface area contributed by atoms with Crippen molar-refractivity contribution in [1.82, 2.24) is 14.7 Å². The van der Waals surface area contributed by atoms with E-state index in [0.29, 0.717) is 30.8 Å². The van der Waals surface area contributed by atoms with Crippen LogP contribution >= 0.6 is 23.2 Å². The minimum Gasteiger partial charge on any atom is -0.380 e. The number of carbonyl (C=O) groups excluding carboxylic acids is 2. The number of likely N-dealkylation sites (tertiary alicyclic amines) is 1. The van der Waals surface area contributed by atoms with Gasteiger partial charge in [-0.1, -0.05) is 76.1 Å². The molecule has 3 heterocycles. The number of carbonyl (C=O) groups is 2. The first kappa shape index (κ1) is 28.2. The van der Waals surface area contributed by atoms with Crippen molar-refractivity contribution in [2.45, 2.75) is 102 Å². The lowest BCUT2D eigenvalue weighted by atomic mass is 9.77. The fourth-order valence-electron chi connectivity index (χ4n) is 7.25. The van der Waals surface area contributed by atoms with Crippen LogP contribution in [0, 0.1) is 11.3 Å². The van der Waals surface area contributed by atoms with Crippen molar-refractivity contribution >= 4 is 35.0 Å². The Hall–Kier alpha value is -1.34. The molecule has 4 unspecified atom stereocenters. The number of piperazine rings is 1. The third kappa shape index (κ3) is 5.89. The van der Waals surface area contributed by atoms with Gasteiger partial charge in [-0.25, -0.2) is 0 Å². The number of piperidine rings is 1. The molecule has 38 heavy (non-hydrogen) atoms. The van der Waals surface area contributed by atoms with Crippen molar-refractivity contribution in [3.05, 3.63) is 34.9 Å². The zero-order valence-electron chi connectivity index (χ0n) is 22.9. The van der Waals surface area contributed by atoms with E-state index in [1.807, 2.05) is 29.2 Å². The second-order valence-corrected chi connectivity index (χ2v) is 13.5. The summed E-state index contributed by atoms with van der Waals surface area (Å²) in [4.78, 5) is 34.6. The van der Waals surface area contributed by atoms with Gasteiger partial charge < -0.3 is 14.5 Å². The van der Waals surface area contributed by atoms with Crippen LogP contribution in [0.1, 0.15) is 77.2 Å². The van der Waals surface area contributed by atoms with Crippen molar-refractivity contribution < 1.29 is 14.3 Å². The van der Waals surface area contributed by atoms with E-state index >= 15 is 0 Å². The first-order valence-corrected chi connectivity index (χ1v) is 15.4. The molecule has 210 valence electrons. The maximum absolute atomic E-state index is 14.5. The van der Waals surface area contributed by atoms with Crippen LogP contribution < -0.4 is 0 Å². The Kier molecular flexibility index (Phi) is 8.93. The molecule has 0 radical (unpaired) electrons. The average molecular weight is 565 g/mol. The van der Waals surface area contributed by atoms with Crippen molar-refractivity contribution in [3.63, 3.8) is 0 Å². The number of alkyl halides is 1. The van der Waals surface area contributed by atoms with Gasteiger partial charge in [0.05, 0.1) is 19.4 Å². The molecule has 1 aromatic rings. The number of amides is 2. The summed E-state index contributed by atoms with van der Waals surface area (Å²) >= 11 is 12.9. The van der Waals surface area contributed by atoms with E-state index in [2.05, 4.69) is 18.7 Å². The van der Waals surface area contributed by atoms with Crippen LogP contribution in [0.2, 0.25) is 5.02 Å². The van der Waals surface area contributed by atoms with Crippen LogP contribution in [0.25, 0.3) is 0 Å². The Morgan fingerprint density at radius 1 is 1.00 bits per heavy atom. The lowest BCUT2D eigenvalue weighted by Crippen LogP contribution is -2.73. The summed E-state index contributed by atoms with van der Waals surface area (Å²) in [6.07, 6.45) is 10.6. The average Bonchev–Trinajstić information content (AvgIpc) is 3.00. The van der Waals surface area contributed by atoms with Gasteiger partial charge in [0.2, 0.25) is 11.8 Å². The number of hydrogen-bond acceptors (Lipinski definition) is 4. The summed E-state index contributed by atoms with van der Waals surface area (Å²) < 4.78 is 5.60. The lowest BCUT2D eigenvalue weighted by Gasteiger charge is -2.56. The summed E-state index contributed by atoms with van der Waals surface area (Å²) in [6.45, 7) is 6.55. The predicted octanol–water partition coefficient (Wildman–Crippen LogP) is 5.69. The number of halogens is 2. The standard InChI is InChI=1S/C30H43Cl2N3O3/c1-21-15-24(32)17-33(25-9-7-5-3-4-6-8-10-25)28(21)35-18-26(36)34(16-22-11-13-23(31)14-12-22)27(29(35)37)30(2)19-38-20-30/h11-14,21,24-25,27-28H,3-10,15-20H2,1-2H3. The molecule has 4 fully saturated rings. The smallest absolute Gasteiger partial charge is 0.247 e. The quantitative estimate of drug-likeness (QED) is 0.431. The number of nitrogens with zero attached hydrogens (tertiary/aromatic N) is 3. The Morgan fingerprint density at radius 3 is 2.24 bits per heavy atom. The Bertz CT molecular complexity index is 975. The first-order valence-electron chi connectivity index (χ1n) is 14.6. The third-order valence-corrected chi connectivity index (χ3v) is 9.81. The van der Waals surface area contributed by atoms with Crippen LogP contribution in [0.4, 0.5) is 0 Å². The zero-order chi connectivity index (χ0) is 26.9. The largest absolute Gasteiger partial charge is 0.380 e. The number of benzene rings is 1. The molecule has 5 rings (SSSR count). The fourth-order valence-corrected chi connectivity index (χ4v) is 7.82. The third-order valence-electron chi connectivity index (χ3n) is 9.24. The molecule has 4 aliphatic rings. The number of hydrogen-bond donors (Lipinski definition) is 0. The van der Waals surface area contributed by atoms with Gasteiger partial charge in [0.1, 0.15) is 12.6 Å². The molecule has 3 saturated heterocycles. The molecule has 4 atom stereocenters. The SMILES string of the molecule is CC1CC(Cl)CN(C2CCCCCCCC2)C1N1CC(=O)N(Cc2ccc(Cl)cc2)C(C2(C)COC2)C1=O. The molecule has 0 N–H and O–H groups in total. The van der Waals surface area contributed by atoms with Gasteiger partial charge in [0, 0.05) is 34.9 Å². The summed E-state index contributed by atoms with van der Waals surface area (Å²) in [5.74, 6) is 0.263. The zero-order valence-corrected chi connectivity index (χ0v) is 24.4. The summed E-state index contributed by atoms with van der Waals surface area (Å²) in [5.41, 5.74) is 0.578. The van der Waals surface area contributed by atoms with E-state index in [9.17, 15) is 9.59 Å². The summed E-state index contributed by atoms with van der Waals surface area (Å²) in [6, 6.07) is 7.40.